The van der Waals surface area contributed by atoms with Gasteiger partial charge in [0.15, 0.2) is 5.69 Å². The van der Waals surface area contributed by atoms with Crippen LogP contribution in [0.2, 0.25) is 0 Å². The van der Waals surface area contributed by atoms with Crippen LogP contribution in [0.3, 0.4) is 0 Å². The van der Waals surface area contributed by atoms with E-state index in [-0.39, 0.29) is 23.7 Å². The predicted molar refractivity (Wildman–Crippen MR) is 88.1 cm³/mol. The molecule has 134 valence electrons. The lowest BCUT2D eigenvalue weighted by Gasteiger charge is -2.22. The number of aromatic nitrogens is 3. The first kappa shape index (κ1) is 17.5. The molecule has 1 amide bonds. The van der Waals surface area contributed by atoms with Crippen LogP contribution in [0.4, 0.5) is 8.78 Å². The molecule has 1 aliphatic heterocycles. The van der Waals surface area contributed by atoms with Gasteiger partial charge < -0.3 is 5.32 Å². The fraction of sp³-hybridized carbons (Fsp3) is 0.471. The first-order valence-corrected chi connectivity index (χ1v) is 8.43. The Morgan fingerprint density at radius 3 is 2.84 bits per heavy atom. The van der Waals surface area contributed by atoms with Gasteiger partial charge >= 0.3 is 0 Å². The zero-order chi connectivity index (χ0) is 17.8. The number of amides is 1. The zero-order valence-corrected chi connectivity index (χ0v) is 14.1. The summed E-state index contributed by atoms with van der Waals surface area (Å²) in [5.74, 6) is -1.63. The molecule has 6 nitrogen and oxygen atoms in total. The van der Waals surface area contributed by atoms with Crippen molar-refractivity contribution in [3.8, 4) is 0 Å². The third-order valence-corrected chi connectivity index (χ3v) is 4.56. The Balaban J connectivity index is 1.60. The molecule has 0 aliphatic carbocycles. The fourth-order valence-electron chi connectivity index (χ4n) is 3.17. The van der Waals surface area contributed by atoms with Crippen LogP contribution in [0.15, 0.2) is 24.4 Å². The quantitative estimate of drug-likeness (QED) is 0.864. The van der Waals surface area contributed by atoms with E-state index >= 15 is 0 Å². The minimum Gasteiger partial charge on any atom is -0.349 e. The number of hydrogen-bond donors (Lipinski definition) is 1. The molecular formula is C17H21F2N5O. The SMILES string of the molecule is CCN1CCCC1CNC(=O)c1cn(Cc2c(F)cccc2F)nn1. The summed E-state index contributed by atoms with van der Waals surface area (Å²) in [6.45, 7) is 4.56. The number of hydrogen-bond acceptors (Lipinski definition) is 4. The number of carbonyl (C=O) groups is 1. The van der Waals surface area contributed by atoms with E-state index in [1.807, 2.05) is 0 Å². The number of nitrogens with one attached hydrogen (secondary N) is 1. The molecule has 1 N–H and O–H groups in total. The number of rotatable bonds is 6. The normalized spacial score (nSPS) is 17.8. The van der Waals surface area contributed by atoms with Crippen molar-refractivity contribution in [3.63, 3.8) is 0 Å². The van der Waals surface area contributed by atoms with Crippen LogP contribution < -0.4 is 5.32 Å². The Labute approximate surface area is 144 Å². The van der Waals surface area contributed by atoms with Crippen LogP contribution >= 0.6 is 0 Å². The summed E-state index contributed by atoms with van der Waals surface area (Å²) in [5, 5.41) is 10.4. The summed E-state index contributed by atoms with van der Waals surface area (Å²) < 4.78 is 28.6. The topological polar surface area (TPSA) is 63.1 Å². The van der Waals surface area contributed by atoms with Gasteiger partial charge in [0.2, 0.25) is 0 Å². The molecule has 25 heavy (non-hydrogen) atoms. The molecule has 2 aromatic rings. The molecule has 8 heteroatoms. The summed E-state index contributed by atoms with van der Waals surface area (Å²) in [5.41, 5.74) is 0.0293. The summed E-state index contributed by atoms with van der Waals surface area (Å²) in [6.07, 6.45) is 3.60. The molecule has 1 aliphatic rings. The Morgan fingerprint density at radius 2 is 2.12 bits per heavy atom. The van der Waals surface area contributed by atoms with Gasteiger partial charge in [-0.15, -0.1) is 5.10 Å². The summed E-state index contributed by atoms with van der Waals surface area (Å²) in [6, 6.07) is 4.02. The van der Waals surface area contributed by atoms with Crippen LogP contribution in [-0.4, -0.2) is 51.5 Å². The number of likely N-dealkylation sites (N-methyl/N-ethyl adjacent to an activating group) is 1. The lowest BCUT2D eigenvalue weighted by molar-refractivity contribution is 0.0936. The van der Waals surface area contributed by atoms with E-state index in [0.717, 1.165) is 25.9 Å². The summed E-state index contributed by atoms with van der Waals surface area (Å²) >= 11 is 0. The number of nitrogens with zero attached hydrogens (tertiary/aromatic N) is 4. The lowest BCUT2D eigenvalue weighted by atomic mass is 10.2. The van der Waals surface area contributed by atoms with Gasteiger partial charge in [0.25, 0.3) is 5.91 Å². The second-order valence-corrected chi connectivity index (χ2v) is 6.14. The van der Waals surface area contributed by atoms with Crippen molar-refractivity contribution >= 4 is 5.91 Å². The van der Waals surface area contributed by atoms with E-state index in [1.54, 1.807) is 0 Å². The highest BCUT2D eigenvalue weighted by Crippen LogP contribution is 2.16. The maximum absolute atomic E-state index is 13.7. The monoisotopic (exact) mass is 349 g/mol. The molecular weight excluding hydrogens is 328 g/mol. The summed E-state index contributed by atoms with van der Waals surface area (Å²) in [7, 11) is 0. The first-order valence-electron chi connectivity index (χ1n) is 8.43. The van der Waals surface area contributed by atoms with E-state index in [4.69, 9.17) is 0 Å². The third kappa shape index (κ3) is 4.01. The molecule has 1 aromatic heterocycles. The van der Waals surface area contributed by atoms with Crippen molar-refractivity contribution in [2.24, 2.45) is 0 Å². The third-order valence-electron chi connectivity index (χ3n) is 4.56. The fourth-order valence-corrected chi connectivity index (χ4v) is 3.17. The van der Waals surface area contributed by atoms with E-state index in [0.29, 0.717) is 12.6 Å². The van der Waals surface area contributed by atoms with Crippen molar-refractivity contribution in [2.45, 2.75) is 32.4 Å². The molecule has 1 unspecified atom stereocenters. The zero-order valence-electron chi connectivity index (χ0n) is 14.1. The molecule has 1 fully saturated rings. The van der Waals surface area contributed by atoms with Crippen molar-refractivity contribution in [3.05, 3.63) is 47.3 Å². The average Bonchev–Trinajstić information content (AvgIpc) is 3.25. The first-order chi connectivity index (χ1) is 12.1. The second-order valence-electron chi connectivity index (χ2n) is 6.14. The van der Waals surface area contributed by atoms with Crippen molar-refractivity contribution < 1.29 is 13.6 Å². The number of halogens is 2. The number of carbonyl (C=O) groups excluding carboxylic acids is 1. The smallest absolute Gasteiger partial charge is 0.273 e. The van der Waals surface area contributed by atoms with Crippen molar-refractivity contribution in [1.82, 2.24) is 25.2 Å². The maximum atomic E-state index is 13.7. The molecule has 0 radical (unpaired) electrons. The lowest BCUT2D eigenvalue weighted by Crippen LogP contribution is -2.40. The Hall–Kier alpha value is -2.35. The average molecular weight is 349 g/mol. The summed E-state index contributed by atoms with van der Waals surface area (Å²) in [4.78, 5) is 14.5. The molecule has 1 atom stereocenters. The van der Waals surface area contributed by atoms with E-state index < -0.39 is 11.6 Å². The van der Waals surface area contributed by atoms with Crippen molar-refractivity contribution in [2.75, 3.05) is 19.6 Å². The van der Waals surface area contributed by atoms with Gasteiger partial charge in [0.1, 0.15) is 11.6 Å². The highest BCUT2D eigenvalue weighted by molar-refractivity contribution is 5.91. The van der Waals surface area contributed by atoms with Gasteiger partial charge in [-0.3, -0.25) is 9.69 Å². The number of benzene rings is 1. The minimum atomic E-state index is -0.651. The second kappa shape index (κ2) is 7.69. The van der Waals surface area contributed by atoms with Crippen LogP contribution in [0.5, 0.6) is 0 Å². The Bertz CT molecular complexity index is 728. The van der Waals surface area contributed by atoms with Crippen LogP contribution in [0, 0.1) is 11.6 Å². The van der Waals surface area contributed by atoms with Gasteiger partial charge in [-0.25, -0.2) is 13.5 Å². The molecule has 0 saturated carbocycles. The minimum absolute atomic E-state index is 0.107. The molecule has 0 spiro atoms. The van der Waals surface area contributed by atoms with Gasteiger partial charge in [-0.1, -0.05) is 18.2 Å². The van der Waals surface area contributed by atoms with E-state index in [9.17, 15) is 13.6 Å². The number of likely N-dealkylation sites (tertiary alicyclic amines) is 1. The standard InChI is InChI=1S/C17H21F2N5O/c1-2-23-8-4-5-12(23)9-20-17(25)16-11-24(22-21-16)10-13-14(18)6-3-7-15(13)19/h3,6-7,11-12H,2,4-5,8-10H2,1H3,(H,20,25). The van der Waals surface area contributed by atoms with Crippen LogP contribution in [0.1, 0.15) is 35.8 Å². The van der Waals surface area contributed by atoms with Gasteiger partial charge in [-0.2, -0.15) is 0 Å². The van der Waals surface area contributed by atoms with Crippen molar-refractivity contribution in [1.29, 1.82) is 0 Å². The Morgan fingerprint density at radius 1 is 1.36 bits per heavy atom. The Kier molecular flexibility index (Phi) is 5.37. The molecule has 0 bridgehead atoms. The van der Waals surface area contributed by atoms with E-state index in [1.165, 1.54) is 29.1 Å². The van der Waals surface area contributed by atoms with Crippen LogP contribution in [-0.2, 0) is 6.54 Å². The van der Waals surface area contributed by atoms with Gasteiger partial charge in [-0.05, 0) is 38.1 Å². The highest BCUT2D eigenvalue weighted by atomic mass is 19.1. The molecule has 3 rings (SSSR count). The molecule has 1 aromatic carbocycles. The molecule has 1 saturated heterocycles. The largest absolute Gasteiger partial charge is 0.349 e. The molecule has 2 heterocycles. The predicted octanol–water partition coefficient (Wildman–Crippen LogP) is 1.82. The van der Waals surface area contributed by atoms with E-state index in [2.05, 4.69) is 27.5 Å². The van der Waals surface area contributed by atoms with Gasteiger partial charge in [0, 0.05) is 18.2 Å². The highest BCUT2D eigenvalue weighted by Gasteiger charge is 2.23. The maximum Gasteiger partial charge on any atom is 0.273 e. The van der Waals surface area contributed by atoms with Crippen LogP contribution in [0.25, 0.3) is 0 Å². The van der Waals surface area contributed by atoms with Gasteiger partial charge in [0.05, 0.1) is 12.7 Å².